The van der Waals surface area contributed by atoms with Crippen LogP contribution in [-0.4, -0.2) is 19.0 Å². The third kappa shape index (κ3) is 4.01. The van der Waals surface area contributed by atoms with Crippen molar-refractivity contribution in [3.05, 3.63) is 65.2 Å². The van der Waals surface area contributed by atoms with Crippen LogP contribution in [0.2, 0.25) is 0 Å². The van der Waals surface area contributed by atoms with Crippen LogP contribution in [0.4, 0.5) is 5.69 Å². The summed E-state index contributed by atoms with van der Waals surface area (Å²) in [6, 6.07) is 17.3. The number of nitrogens with two attached hydrogens (primary N) is 1. The van der Waals surface area contributed by atoms with Gasteiger partial charge in [0.05, 0.1) is 0 Å². The Bertz CT molecular complexity index is 786. The second-order valence-corrected chi connectivity index (χ2v) is 7.87. The molecule has 0 saturated heterocycles. The van der Waals surface area contributed by atoms with Crippen LogP contribution in [0, 0.1) is 11.8 Å². The number of nitrogens with one attached hydrogen (secondary N) is 1. The smallest absolute Gasteiger partial charge is 0.223 e. The molecule has 0 unspecified atom stereocenters. The summed E-state index contributed by atoms with van der Waals surface area (Å²) in [6.07, 6.45) is 4.31. The van der Waals surface area contributed by atoms with Crippen molar-refractivity contribution in [3.8, 4) is 0 Å². The summed E-state index contributed by atoms with van der Waals surface area (Å²) in [4.78, 5) is 14.9. The van der Waals surface area contributed by atoms with Gasteiger partial charge in [-0.2, -0.15) is 0 Å². The lowest BCUT2D eigenvalue weighted by molar-refractivity contribution is -0.126. The normalized spacial score (nSPS) is 21.3. The van der Waals surface area contributed by atoms with E-state index in [0.717, 1.165) is 44.3 Å². The first-order valence-corrected chi connectivity index (χ1v) is 10.1. The predicted molar refractivity (Wildman–Crippen MR) is 109 cm³/mol. The lowest BCUT2D eigenvalue weighted by atomic mass is 9.95. The molecule has 0 bridgehead atoms. The van der Waals surface area contributed by atoms with Crippen LogP contribution in [-0.2, 0) is 24.3 Å². The number of nitrogens with zero attached hydrogens (tertiary/aromatic N) is 1. The van der Waals surface area contributed by atoms with Gasteiger partial charge in [-0.3, -0.25) is 4.79 Å². The second-order valence-electron chi connectivity index (χ2n) is 7.87. The number of hydrogen-bond donors (Lipinski definition) is 2. The molecule has 1 heterocycles. The van der Waals surface area contributed by atoms with E-state index < -0.39 is 0 Å². The number of fused-ring (bicyclic) bond motifs is 1. The van der Waals surface area contributed by atoms with E-state index in [1.807, 2.05) is 0 Å². The molecule has 1 aliphatic carbocycles. The van der Waals surface area contributed by atoms with Crippen LogP contribution in [0.15, 0.2) is 48.5 Å². The maximum Gasteiger partial charge on any atom is 0.223 e. The number of rotatable bonds is 6. The molecule has 1 fully saturated rings. The Morgan fingerprint density at radius 2 is 1.85 bits per heavy atom. The Morgan fingerprint density at radius 1 is 1.07 bits per heavy atom. The molecule has 3 N–H and O–H groups in total. The summed E-state index contributed by atoms with van der Waals surface area (Å²) in [5, 5.41) is 3.11. The molecule has 0 aromatic heterocycles. The van der Waals surface area contributed by atoms with Crippen LogP contribution < -0.4 is 16.0 Å². The highest BCUT2D eigenvalue weighted by Gasteiger charge is 2.31. The minimum absolute atomic E-state index is 0.101. The fraction of sp³-hybridized carbons (Fsp3) is 0.435. The van der Waals surface area contributed by atoms with Crippen molar-refractivity contribution in [2.24, 2.45) is 17.6 Å². The molecule has 1 saturated carbocycles. The monoisotopic (exact) mass is 363 g/mol. The van der Waals surface area contributed by atoms with Crippen molar-refractivity contribution < 1.29 is 4.79 Å². The third-order valence-corrected chi connectivity index (χ3v) is 6.15. The first-order valence-electron chi connectivity index (χ1n) is 10.1. The molecule has 2 aliphatic rings. The van der Waals surface area contributed by atoms with Crippen molar-refractivity contribution in [3.63, 3.8) is 0 Å². The number of hydrogen-bond acceptors (Lipinski definition) is 3. The zero-order valence-electron chi connectivity index (χ0n) is 15.9. The minimum atomic E-state index is 0.101. The average molecular weight is 364 g/mol. The molecule has 4 rings (SSSR count). The van der Waals surface area contributed by atoms with Crippen molar-refractivity contribution in [2.75, 3.05) is 18.0 Å². The lowest BCUT2D eigenvalue weighted by Gasteiger charge is -2.20. The molecule has 2 aromatic rings. The molecule has 142 valence electrons. The van der Waals surface area contributed by atoms with Crippen molar-refractivity contribution in [1.82, 2.24) is 5.32 Å². The Hall–Kier alpha value is -2.33. The zero-order chi connectivity index (χ0) is 18.6. The average Bonchev–Trinajstić information content (AvgIpc) is 3.34. The van der Waals surface area contributed by atoms with E-state index in [4.69, 9.17) is 5.73 Å². The van der Waals surface area contributed by atoms with Gasteiger partial charge in [-0.15, -0.1) is 0 Å². The van der Waals surface area contributed by atoms with Crippen LogP contribution >= 0.6 is 0 Å². The molecule has 27 heavy (non-hydrogen) atoms. The van der Waals surface area contributed by atoms with Gasteiger partial charge in [0.15, 0.2) is 0 Å². The Labute approximate surface area is 161 Å². The fourth-order valence-electron chi connectivity index (χ4n) is 4.54. The van der Waals surface area contributed by atoms with Gasteiger partial charge < -0.3 is 16.0 Å². The number of amides is 1. The summed E-state index contributed by atoms with van der Waals surface area (Å²) >= 11 is 0. The van der Waals surface area contributed by atoms with Crippen LogP contribution in [0.5, 0.6) is 0 Å². The van der Waals surface area contributed by atoms with Crippen LogP contribution in [0.1, 0.15) is 36.0 Å². The molecule has 4 heteroatoms. The molecule has 4 nitrogen and oxygen atoms in total. The zero-order valence-corrected chi connectivity index (χ0v) is 15.9. The van der Waals surface area contributed by atoms with Gasteiger partial charge >= 0.3 is 0 Å². The SMILES string of the molecule is NC[C@H]1CCC[C@H]1C(=O)NCc1ccc(CN2CCc3ccccc32)cc1. The van der Waals surface area contributed by atoms with E-state index in [1.165, 1.54) is 16.8 Å². The summed E-state index contributed by atoms with van der Waals surface area (Å²) < 4.78 is 0. The summed E-state index contributed by atoms with van der Waals surface area (Å²) in [5.41, 5.74) is 11.1. The van der Waals surface area contributed by atoms with E-state index >= 15 is 0 Å². The number of benzene rings is 2. The van der Waals surface area contributed by atoms with E-state index in [0.29, 0.717) is 19.0 Å². The topological polar surface area (TPSA) is 58.4 Å². The van der Waals surface area contributed by atoms with E-state index in [-0.39, 0.29) is 11.8 Å². The van der Waals surface area contributed by atoms with Gasteiger partial charge in [-0.1, -0.05) is 48.9 Å². The first kappa shape index (κ1) is 18.1. The Morgan fingerprint density at radius 3 is 2.67 bits per heavy atom. The highest BCUT2D eigenvalue weighted by molar-refractivity contribution is 5.79. The standard InChI is InChI=1S/C23H29N3O/c24-14-20-5-3-6-21(20)23(27)25-15-17-8-10-18(11-9-17)16-26-13-12-19-4-1-2-7-22(19)26/h1-2,4,7-11,20-21H,3,5-6,12-16,24H2,(H,25,27)/t20-,21-/m1/s1. The van der Waals surface area contributed by atoms with Gasteiger partial charge in [-0.25, -0.2) is 0 Å². The highest BCUT2D eigenvalue weighted by Crippen LogP contribution is 2.31. The number of carbonyl (C=O) groups is 1. The highest BCUT2D eigenvalue weighted by atomic mass is 16.1. The van der Waals surface area contributed by atoms with Crippen molar-refractivity contribution in [2.45, 2.75) is 38.8 Å². The summed E-state index contributed by atoms with van der Waals surface area (Å²) in [6.45, 7) is 3.23. The largest absolute Gasteiger partial charge is 0.367 e. The van der Waals surface area contributed by atoms with Crippen molar-refractivity contribution >= 4 is 11.6 Å². The fourth-order valence-corrected chi connectivity index (χ4v) is 4.54. The third-order valence-electron chi connectivity index (χ3n) is 6.15. The lowest BCUT2D eigenvalue weighted by Crippen LogP contribution is -2.34. The second kappa shape index (κ2) is 8.13. The molecule has 1 aliphatic heterocycles. The molecule has 1 amide bonds. The van der Waals surface area contributed by atoms with E-state index in [2.05, 4.69) is 58.7 Å². The van der Waals surface area contributed by atoms with E-state index in [9.17, 15) is 4.79 Å². The molecule has 0 spiro atoms. The maximum atomic E-state index is 12.4. The van der Waals surface area contributed by atoms with Crippen LogP contribution in [0.3, 0.4) is 0 Å². The first-order chi connectivity index (χ1) is 13.2. The summed E-state index contributed by atoms with van der Waals surface area (Å²) in [5.74, 6) is 0.626. The Balaban J connectivity index is 1.31. The summed E-state index contributed by atoms with van der Waals surface area (Å²) in [7, 11) is 0. The molecule has 2 atom stereocenters. The Kier molecular flexibility index (Phi) is 5.44. The van der Waals surface area contributed by atoms with Crippen LogP contribution in [0.25, 0.3) is 0 Å². The minimum Gasteiger partial charge on any atom is -0.367 e. The maximum absolute atomic E-state index is 12.4. The quantitative estimate of drug-likeness (QED) is 0.828. The molecular weight excluding hydrogens is 334 g/mol. The van der Waals surface area contributed by atoms with E-state index in [1.54, 1.807) is 0 Å². The number of carbonyl (C=O) groups excluding carboxylic acids is 1. The van der Waals surface area contributed by atoms with Gasteiger partial charge in [-0.05, 0) is 54.5 Å². The van der Waals surface area contributed by atoms with Gasteiger partial charge in [0.2, 0.25) is 5.91 Å². The molecule has 2 aromatic carbocycles. The van der Waals surface area contributed by atoms with Gasteiger partial charge in [0, 0.05) is 31.2 Å². The molecular formula is C23H29N3O. The van der Waals surface area contributed by atoms with Gasteiger partial charge in [0.1, 0.15) is 0 Å². The number of para-hydroxylation sites is 1. The number of anilines is 1. The molecule has 0 radical (unpaired) electrons. The van der Waals surface area contributed by atoms with Crippen molar-refractivity contribution in [1.29, 1.82) is 0 Å². The predicted octanol–water partition coefficient (Wildman–Crippen LogP) is 3.24. The van der Waals surface area contributed by atoms with Gasteiger partial charge in [0.25, 0.3) is 0 Å².